The minimum Gasteiger partial charge on any atom is -0.490 e. The number of rotatable bonds is 9. The molecule has 2 aromatic carbocycles. The average Bonchev–Trinajstić information content (AvgIpc) is 2.77. The molecular formula is C23H31N3O4. The molecule has 0 spiro atoms. The third-order valence-corrected chi connectivity index (χ3v) is 4.83. The van der Waals surface area contributed by atoms with Crippen LogP contribution >= 0.6 is 0 Å². The van der Waals surface area contributed by atoms with Crippen molar-refractivity contribution in [3.8, 4) is 11.5 Å². The summed E-state index contributed by atoms with van der Waals surface area (Å²) in [7, 11) is 0. The SMILES string of the molecule is CCOc1ccc(N[C@H](C)C(=O)Nc2ccc(N3CCOCC3)cc2)cc1OCC. The van der Waals surface area contributed by atoms with Gasteiger partial charge in [0.1, 0.15) is 6.04 Å². The van der Waals surface area contributed by atoms with Crippen LogP contribution in [0.5, 0.6) is 11.5 Å². The fraction of sp³-hybridized carbons (Fsp3) is 0.435. The quantitative estimate of drug-likeness (QED) is 0.652. The summed E-state index contributed by atoms with van der Waals surface area (Å²) in [5.41, 5.74) is 2.71. The van der Waals surface area contributed by atoms with Crippen molar-refractivity contribution in [2.45, 2.75) is 26.8 Å². The molecule has 7 heteroatoms. The molecule has 2 N–H and O–H groups in total. The Balaban J connectivity index is 1.58. The summed E-state index contributed by atoms with van der Waals surface area (Å²) in [6.07, 6.45) is 0. The maximum Gasteiger partial charge on any atom is 0.246 e. The Kier molecular flexibility index (Phi) is 7.79. The second-order valence-corrected chi connectivity index (χ2v) is 7.03. The van der Waals surface area contributed by atoms with E-state index in [-0.39, 0.29) is 5.91 Å². The third-order valence-electron chi connectivity index (χ3n) is 4.83. The van der Waals surface area contributed by atoms with E-state index in [9.17, 15) is 4.79 Å². The molecule has 1 heterocycles. The van der Waals surface area contributed by atoms with E-state index in [1.807, 2.05) is 63.2 Å². The second kappa shape index (κ2) is 10.7. The van der Waals surface area contributed by atoms with E-state index in [0.29, 0.717) is 24.7 Å². The fourth-order valence-electron chi connectivity index (χ4n) is 3.28. The normalized spacial score (nSPS) is 14.7. The largest absolute Gasteiger partial charge is 0.490 e. The lowest BCUT2D eigenvalue weighted by Gasteiger charge is -2.29. The molecule has 0 unspecified atom stereocenters. The summed E-state index contributed by atoms with van der Waals surface area (Å²) in [5, 5.41) is 6.19. The smallest absolute Gasteiger partial charge is 0.246 e. The van der Waals surface area contributed by atoms with Gasteiger partial charge in [0.2, 0.25) is 5.91 Å². The van der Waals surface area contributed by atoms with Gasteiger partial charge in [0.05, 0.1) is 26.4 Å². The molecule has 0 aliphatic carbocycles. The van der Waals surface area contributed by atoms with Gasteiger partial charge >= 0.3 is 0 Å². The molecule has 1 aliphatic rings. The van der Waals surface area contributed by atoms with Crippen LogP contribution in [0.25, 0.3) is 0 Å². The molecule has 1 aliphatic heterocycles. The Morgan fingerprint density at radius 1 is 1.00 bits per heavy atom. The highest BCUT2D eigenvalue weighted by molar-refractivity contribution is 5.96. The van der Waals surface area contributed by atoms with Crippen LogP contribution in [-0.2, 0) is 9.53 Å². The van der Waals surface area contributed by atoms with Gasteiger partial charge in [-0.05, 0) is 57.2 Å². The highest BCUT2D eigenvalue weighted by atomic mass is 16.5. The van der Waals surface area contributed by atoms with Gasteiger partial charge in [-0.1, -0.05) is 0 Å². The van der Waals surface area contributed by atoms with E-state index in [2.05, 4.69) is 15.5 Å². The first kappa shape index (κ1) is 21.8. The number of benzene rings is 2. The molecule has 1 amide bonds. The summed E-state index contributed by atoms with van der Waals surface area (Å²) in [5.74, 6) is 1.25. The van der Waals surface area contributed by atoms with Crippen LogP contribution in [0.1, 0.15) is 20.8 Å². The number of carbonyl (C=O) groups excluding carboxylic acids is 1. The van der Waals surface area contributed by atoms with E-state index in [1.165, 1.54) is 0 Å². The molecule has 7 nitrogen and oxygen atoms in total. The highest BCUT2D eigenvalue weighted by Crippen LogP contribution is 2.31. The van der Waals surface area contributed by atoms with Crippen LogP contribution in [-0.4, -0.2) is 51.5 Å². The monoisotopic (exact) mass is 413 g/mol. The first-order valence-electron chi connectivity index (χ1n) is 10.5. The van der Waals surface area contributed by atoms with Crippen LogP contribution in [0.2, 0.25) is 0 Å². The Bertz CT molecular complexity index is 820. The maximum absolute atomic E-state index is 12.6. The summed E-state index contributed by atoms with van der Waals surface area (Å²) in [4.78, 5) is 14.9. The van der Waals surface area contributed by atoms with Gasteiger partial charge in [0.25, 0.3) is 0 Å². The molecule has 2 aromatic rings. The lowest BCUT2D eigenvalue weighted by molar-refractivity contribution is -0.116. The lowest BCUT2D eigenvalue weighted by atomic mass is 10.2. The second-order valence-electron chi connectivity index (χ2n) is 7.03. The molecule has 30 heavy (non-hydrogen) atoms. The van der Waals surface area contributed by atoms with E-state index < -0.39 is 6.04 Å². The number of hydrogen-bond donors (Lipinski definition) is 2. The molecule has 162 valence electrons. The van der Waals surface area contributed by atoms with Gasteiger partial charge in [-0.25, -0.2) is 0 Å². The van der Waals surface area contributed by atoms with Gasteiger partial charge in [-0.2, -0.15) is 0 Å². The topological polar surface area (TPSA) is 72.1 Å². The molecule has 0 saturated carbocycles. The molecule has 0 bridgehead atoms. The van der Waals surface area contributed by atoms with Crippen molar-refractivity contribution < 1.29 is 19.0 Å². The predicted molar refractivity (Wildman–Crippen MR) is 120 cm³/mol. The Morgan fingerprint density at radius 3 is 2.30 bits per heavy atom. The van der Waals surface area contributed by atoms with Crippen LogP contribution in [0.3, 0.4) is 0 Å². The van der Waals surface area contributed by atoms with Gasteiger partial charge < -0.3 is 29.7 Å². The molecule has 1 atom stereocenters. The van der Waals surface area contributed by atoms with Crippen molar-refractivity contribution >= 4 is 23.0 Å². The number of carbonyl (C=O) groups is 1. The molecule has 1 fully saturated rings. The fourth-order valence-corrected chi connectivity index (χ4v) is 3.28. The predicted octanol–water partition coefficient (Wildman–Crippen LogP) is 3.76. The number of ether oxygens (including phenoxy) is 3. The van der Waals surface area contributed by atoms with Gasteiger partial charge in [-0.3, -0.25) is 4.79 Å². The number of amides is 1. The summed E-state index contributed by atoms with van der Waals surface area (Å²) >= 11 is 0. The van der Waals surface area contributed by atoms with Crippen molar-refractivity contribution in [3.05, 3.63) is 42.5 Å². The van der Waals surface area contributed by atoms with Crippen molar-refractivity contribution in [1.29, 1.82) is 0 Å². The summed E-state index contributed by atoms with van der Waals surface area (Å²) < 4.78 is 16.6. The number of morpholine rings is 1. The van der Waals surface area contributed by atoms with Gasteiger partial charge in [-0.15, -0.1) is 0 Å². The molecule has 0 radical (unpaired) electrons. The number of nitrogens with one attached hydrogen (secondary N) is 2. The molecule has 0 aromatic heterocycles. The minimum absolute atomic E-state index is 0.110. The number of nitrogens with zero attached hydrogens (tertiary/aromatic N) is 1. The summed E-state index contributed by atoms with van der Waals surface area (Å²) in [6, 6.07) is 13.1. The maximum atomic E-state index is 12.6. The van der Waals surface area contributed by atoms with Crippen molar-refractivity contribution in [2.75, 3.05) is 55.1 Å². The Labute approximate surface area is 178 Å². The van der Waals surface area contributed by atoms with E-state index in [4.69, 9.17) is 14.2 Å². The first-order chi connectivity index (χ1) is 14.6. The van der Waals surface area contributed by atoms with Crippen molar-refractivity contribution in [3.63, 3.8) is 0 Å². The summed E-state index contributed by atoms with van der Waals surface area (Å²) in [6.45, 7) is 10.1. The minimum atomic E-state index is -0.420. The van der Waals surface area contributed by atoms with Crippen molar-refractivity contribution in [1.82, 2.24) is 0 Å². The van der Waals surface area contributed by atoms with Crippen LogP contribution < -0.4 is 25.0 Å². The highest BCUT2D eigenvalue weighted by Gasteiger charge is 2.15. The van der Waals surface area contributed by atoms with Crippen LogP contribution in [0.4, 0.5) is 17.1 Å². The van der Waals surface area contributed by atoms with E-state index in [1.54, 1.807) is 0 Å². The molecule has 3 rings (SSSR count). The zero-order chi connectivity index (χ0) is 21.3. The number of hydrogen-bond acceptors (Lipinski definition) is 6. The van der Waals surface area contributed by atoms with Gasteiger partial charge in [0.15, 0.2) is 11.5 Å². The zero-order valence-corrected chi connectivity index (χ0v) is 17.9. The standard InChI is InChI=1S/C23H31N3O4/c1-4-29-21-11-8-19(16-22(21)30-5-2)24-17(3)23(27)25-18-6-9-20(10-7-18)26-12-14-28-15-13-26/h6-11,16-17,24H,4-5,12-15H2,1-3H3,(H,25,27)/t17-/m1/s1. The molecular weight excluding hydrogens is 382 g/mol. The lowest BCUT2D eigenvalue weighted by Crippen LogP contribution is -2.36. The van der Waals surface area contributed by atoms with Crippen molar-refractivity contribution in [2.24, 2.45) is 0 Å². The third kappa shape index (κ3) is 5.79. The average molecular weight is 414 g/mol. The van der Waals surface area contributed by atoms with E-state index in [0.717, 1.165) is 43.4 Å². The zero-order valence-electron chi connectivity index (χ0n) is 17.9. The Hall–Kier alpha value is -2.93. The number of anilines is 3. The van der Waals surface area contributed by atoms with Gasteiger partial charge in [0, 0.05) is 36.2 Å². The molecule has 1 saturated heterocycles. The van der Waals surface area contributed by atoms with Crippen LogP contribution in [0.15, 0.2) is 42.5 Å². The first-order valence-corrected chi connectivity index (χ1v) is 10.5. The van der Waals surface area contributed by atoms with E-state index >= 15 is 0 Å². The van der Waals surface area contributed by atoms with Crippen LogP contribution in [0, 0.1) is 0 Å². The Morgan fingerprint density at radius 2 is 1.63 bits per heavy atom.